The van der Waals surface area contributed by atoms with E-state index in [1.807, 2.05) is 35.1 Å². The first-order valence-electron chi connectivity index (χ1n) is 7.19. The van der Waals surface area contributed by atoms with E-state index >= 15 is 0 Å². The minimum Gasteiger partial charge on any atom is -0.276 e. The SMILES string of the molecule is CSc1ccc(CN(c2ccc(C#N)cc2)n2ccnc2)cc1. The number of thioether (sulfide) groups is 1. The molecule has 0 spiro atoms. The van der Waals surface area contributed by atoms with Crippen molar-refractivity contribution in [2.45, 2.75) is 11.4 Å². The summed E-state index contributed by atoms with van der Waals surface area (Å²) < 4.78 is 1.95. The summed E-state index contributed by atoms with van der Waals surface area (Å²) in [5.74, 6) is 0. The number of hydrogen-bond donors (Lipinski definition) is 0. The van der Waals surface area contributed by atoms with E-state index in [1.54, 1.807) is 24.3 Å². The molecule has 0 amide bonds. The zero-order valence-electron chi connectivity index (χ0n) is 12.8. The first-order valence-corrected chi connectivity index (χ1v) is 8.41. The molecular weight excluding hydrogens is 304 g/mol. The summed E-state index contributed by atoms with van der Waals surface area (Å²) in [5.41, 5.74) is 2.88. The van der Waals surface area contributed by atoms with Crippen molar-refractivity contribution in [2.75, 3.05) is 11.3 Å². The molecule has 0 aliphatic rings. The first-order chi connectivity index (χ1) is 11.3. The zero-order valence-corrected chi connectivity index (χ0v) is 13.6. The third-order valence-corrected chi connectivity index (χ3v) is 4.30. The number of benzene rings is 2. The van der Waals surface area contributed by atoms with E-state index in [1.165, 1.54) is 10.5 Å². The van der Waals surface area contributed by atoms with Crippen LogP contribution in [0, 0.1) is 11.3 Å². The summed E-state index contributed by atoms with van der Waals surface area (Å²) in [5, 5.41) is 11.1. The molecule has 0 saturated heterocycles. The average Bonchev–Trinajstić information content (AvgIpc) is 3.15. The topological polar surface area (TPSA) is 44.9 Å². The maximum absolute atomic E-state index is 8.95. The molecule has 3 aromatic rings. The maximum atomic E-state index is 8.95. The quantitative estimate of drug-likeness (QED) is 0.668. The van der Waals surface area contributed by atoms with Gasteiger partial charge in [0.05, 0.1) is 23.9 Å². The summed E-state index contributed by atoms with van der Waals surface area (Å²) in [4.78, 5) is 5.39. The molecule has 4 nitrogen and oxygen atoms in total. The third kappa shape index (κ3) is 3.55. The van der Waals surface area contributed by atoms with Crippen LogP contribution in [0.1, 0.15) is 11.1 Å². The lowest BCUT2D eigenvalue weighted by Gasteiger charge is -2.25. The van der Waals surface area contributed by atoms with Crippen molar-refractivity contribution in [3.8, 4) is 6.07 Å². The van der Waals surface area contributed by atoms with Gasteiger partial charge in [0, 0.05) is 17.3 Å². The zero-order chi connectivity index (χ0) is 16.1. The predicted molar refractivity (Wildman–Crippen MR) is 93.2 cm³/mol. The first kappa shape index (κ1) is 15.2. The smallest absolute Gasteiger partial charge is 0.114 e. The van der Waals surface area contributed by atoms with Gasteiger partial charge in [0.15, 0.2) is 0 Å². The number of rotatable bonds is 5. The molecule has 0 fully saturated rings. The van der Waals surface area contributed by atoms with Crippen LogP contribution in [0.4, 0.5) is 5.69 Å². The fourth-order valence-electron chi connectivity index (χ4n) is 2.31. The second-order valence-electron chi connectivity index (χ2n) is 5.01. The van der Waals surface area contributed by atoms with Gasteiger partial charge in [-0.25, -0.2) is 9.66 Å². The summed E-state index contributed by atoms with van der Waals surface area (Å²) in [7, 11) is 0. The van der Waals surface area contributed by atoms with Crippen molar-refractivity contribution in [3.63, 3.8) is 0 Å². The van der Waals surface area contributed by atoms with Gasteiger partial charge in [0.2, 0.25) is 0 Å². The number of imidazole rings is 1. The molecule has 23 heavy (non-hydrogen) atoms. The molecule has 0 aliphatic heterocycles. The van der Waals surface area contributed by atoms with E-state index in [0.717, 1.165) is 12.2 Å². The monoisotopic (exact) mass is 320 g/mol. The molecule has 2 aromatic carbocycles. The van der Waals surface area contributed by atoms with E-state index in [4.69, 9.17) is 5.26 Å². The molecule has 3 rings (SSSR count). The predicted octanol–water partition coefficient (Wildman–Crippen LogP) is 3.95. The molecule has 0 bridgehead atoms. The Balaban J connectivity index is 1.90. The molecule has 5 heteroatoms. The van der Waals surface area contributed by atoms with E-state index < -0.39 is 0 Å². The van der Waals surface area contributed by atoms with E-state index in [2.05, 4.69) is 46.6 Å². The second-order valence-corrected chi connectivity index (χ2v) is 5.89. The molecular formula is C18H16N4S. The van der Waals surface area contributed by atoms with Gasteiger partial charge in [0.1, 0.15) is 6.33 Å². The highest BCUT2D eigenvalue weighted by atomic mass is 32.2. The van der Waals surface area contributed by atoms with Crippen LogP contribution in [0.25, 0.3) is 0 Å². The van der Waals surface area contributed by atoms with Crippen LogP contribution in [0.5, 0.6) is 0 Å². The van der Waals surface area contributed by atoms with Crippen LogP contribution < -0.4 is 5.01 Å². The summed E-state index contributed by atoms with van der Waals surface area (Å²) in [6.45, 7) is 0.719. The number of aromatic nitrogens is 2. The molecule has 1 heterocycles. The van der Waals surface area contributed by atoms with E-state index in [9.17, 15) is 0 Å². The van der Waals surface area contributed by atoms with Gasteiger partial charge in [-0.05, 0) is 48.2 Å². The number of nitrogens with zero attached hydrogens (tertiary/aromatic N) is 4. The average molecular weight is 320 g/mol. The van der Waals surface area contributed by atoms with Crippen molar-refractivity contribution in [1.82, 2.24) is 9.66 Å². The third-order valence-electron chi connectivity index (χ3n) is 3.56. The fourth-order valence-corrected chi connectivity index (χ4v) is 2.72. The molecule has 0 aliphatic carbocycles. The van der Waals surface area contributed by atoms with Gasteiger partial charge in [-0.3, -0.25) is 5.01 Å². The maximum Gasteiger partial charge on any atom is 0.114 e. The lowest BCUT2D eigenvalue weighted by Crippen LogP contribution is -2.27. The van der Waals surface area contributed by atoms with Crippen molar-refractivity contribution in [3.05, 3.63) is 78.4 Å². The lowest BCUT2D eigenvalue weighted by atomic mass is 10.2. The Morgan fingerprint density at radius 2 is 1.87 bits per heavy atom. The molecule has 114 valence electrons. The van der Waals surface area contributed by atoms with Crippen molar-refractivity contribution in [1.29, 1.82) is 5.26 Å². The van der Waals surface area contributed by atoms with Crippen LogP contribution in [0.3, 0.4) is 0 Å². The molecule has 0 radical (unpaired) electrons. The largest absolute Gasteiger partial charge is 0.276 e. The van der Waals surface area contributed by atoms with E-state index in [0.29, 0.717) is 5.56 Å². The van der Waals surface area contributed by atoms with Crippen molar-refractivity contribution < 1.29 is 0 Å². The standard InChI is InChI=1S/C18H16N4S/c1-23-18-8-4-16(5-9-18)13-22(21-11-10-20-14-21)17-6-2-15(12-19)3-7-17/h2-11,14H,13H2,1H3. The highest BCUT2D eigenvalue weighted by Crippen LogP contribution is 2.21. The normalized spacial score (nSPS) is 10.3. The van der Waals surface area contributed by atoms with E-state index in [-0.39, 0.29) is 0 Å². The van der Waals surface area contributed by atoms with Gasteiger partial charge in [0.25, 0.3) is 0 Å². The Labute approximate surface area is 140 Å². The molecule has 0 saturated carbocycles. The van der Waals surface area contributed by atoms with Gasteiger partial charge in [-0.1, -0.05) is 12.1 Å². The van der Waals surface area contributed by atoms with Crippen molar-refractivity contribution in [2.24, 2.45) is 0 Å². The molecule has 0 N–H and O–H groups in total. The summed E-state index contributed by atoms with van der Waals surface area (Å²) >= 11 is 1.74. The van der Waals surface area contributed by atoms with Crippen molar-refractivity contribution >= 4 is 17.4 Å². The van der Waals surface area contributed by atoms with Gasteiger partial charge in [-0.2, -0.15) is 5.26 Å². The Kier molecular flexibility index (Phi) is 4.65. The highest BCUT2D eigenvalue weighted by Gasteiger charge is 2.09. The lowest BCUT2D eigenvalue weighted by molar-refractivity contribution is 0.687. The Hall–Kier alpha value is -2.71. The number of hydrogen-bond acceptors (Lipinski definition) is 4. The second kappa shape index (κ2) is 7.03. The van der Waals surface area contributed by atoms with Crippen LogP contribution in [-0.2, 0) is 6.54 Å². The Bertz CT molecular complexity index is 787. The van der Waals surface area contributed by atoms with Gasteiger partial charge in [-0.15, -0.1) is 11.8 Å². The Morgan fingerprint density at radius 3 is 2.43 bits per heavy atom. The van der Waals surface area contributed by atoms with Gasteiger partial charge >= 0.3 is 0 Å². The van der Waals surface area contributed by atoms with Crippen LogP contribution in [-0.4, -0.2) is 15.9 Å². The minimum atomic E-state index is 0.656. The summed E-state index contributed by atoms with van der Waals surface area (Å²) in [6.07, 6.45) is 7.51. The van der Waals surface area contributed by atoms with Gasteiger partial charge < -0.3 is 0 Å². The van der Waals surface area contributed by atoms with Crippen LogP contribution in [0.2, 0.25) is 0 Å². The molecule has 1 aromatic heterocycles. The molecule has 0 unspecified atom stereocenters. The van der Waals surface area contributed by atoms with Crippen LogP contribution >= 0.6 is 11.8 Å². The minimum absolute atomic E-state index is 0.656. The van der Waals surface area contributed by atoms with Crippen LogP contribution in [0.15, 0.2) is 72.1 Å². The number of anilines is 1. The molecule has 0 atom stereocenters. The summed E-state index contributed by atoms with van der Waals surface area (Å²) in [6, 6.07) is 18.3. The fraction of sp³-hybridized carbons (Fsp3) is 0.111. The number of nitriles is 1. The highest BCUT2D eigenvalue weighted by molar-refractivity contribution is 7.98. The Morgan fingerprint density at radius 1 is 1.13 bits per heavy atom.